The van der Waals surface area contributed by atoms with Crippen LogP contribution in [0.5, 0.6) is 0 Å². The van der Waals surface area contributed by atoms with Gasteiger partial charge in [-0.05, 0) is 35.9 Å². The number of nitrogens with one attached hydrogen (secondary N) is 1. The zero-order chi connectivity index (χ0) is 15.5. The Morgan fingerprint density at radius 3 is 2.91 bits per heavy atom. The average molecular weight is 321 g/mol. The second kappa shape index (κ2) is 6.18. The van der Waals surface area contributed by atoms with Crippen molar-refractivity contribution in [3.63, 3.8) is 0 Å². The minimum atomic E-state index is 0.611. The van der Waals surface area contributed by atoms with Crippen LogP contribution in [0.2, 0.25) is 0 Å². The van der Waals surface area contributed by atoms with Crippen molar-refractivity contribution in [3.8, 4) is 0 Å². The molecular weight excluding hydrogens is 306 g/mol. The minimum Gasteiger partial charge on any atom is -0.333 e. The lowest BCUT2D eigenvalue weighted by atomic mass is 10.3. The molecule has 0 amide bonds. The molecule has 0 saturated carbocycles. The number of pyridine rings is 1. The van der Waals surface area contributed by atoms with Crippen molar-refractivity contribution >= 4 is 32.6 Å². The van der Waals surface area contributed by atoms with E-state index in [0.29, 0.717) is 6.54 Å². The highest BCUT2D eigenvalue weighted by atomic mass is 32.1. The Kier molecular flexibility index (Phi) is 3.73. The third-order valence-corrected chi connectivity index (χ3v) is 4.61. The molecule has 1 N–H and O–H groups in total. The van der Waals surface area contributed by atoms with E-state index in [2.05, 4.69) is 27.3 Å². The SMILES string of the molecule is C1=CNC(=NCc2ccncc2)N(c2nc3ccccc3s2)C1. The number of rotatable bonds is 3. The number of aromatic nitrogens is 2. The van der Waals surface area contributed by atoms with Gasteiger partial charge >= 0.3 is 0 Å². The molecule has 0 fully saturated rings. The molecule has 5 nitrogen and oxygen atoms in total. The Bertz CT molecular complexity index is 836. The van der Waals surface area contributed by atoms with Gasteiger partial charge in [0.2, 0.25) is 5.96 Å². The number of para-hydroxylation sites is 1. The molecule has 1 aliphatic heterocycles. The van der Waals surface area contributed by atoms with Gasteiger partial charge in [0.05, 0.1) is 16.8 Å². The van der Waals surface area contributed by atoms with Crippen LogP contribution < -0.4 is 10.2 Å². The molecular formula is C17H15N5S. The van der Waals surface area contributed by atoms with Gasteiger partial charge < -0.3 is 5.32 Å². The number of guanidine groups is 1. The van der Waals surface area contributed by atoms with E-state index >= 15 is 0 Å². The van der Waals surface area contributed by atoms with E-state index in [9.17, 15) is 0 Å². The molecule has 0 radical (unpaired) electrons. The number of nitrogens with zero attached hydrogens (tertiary/aromatic N) is 4. The standard InChI is InChI=1S/C17H15N5S/c1-2-5-15-14(4-1)21-17(23-15)22-11-3-8-19-16(22)20-12-13-6-9-18-10-7-13/h1-10H,11-12H2,(H,19,20). The maximum atomic E-state index is 4.72. The monoisotopic (exact) mass is 321 g/mol. The molecule has 1 aromatic carbocycles. The summed E-state index contributed by atoms with van der Waals surface area (Å²) in [4.78, 5) is 15.6. The highest BCUT2D eigenvalue weighted by Gasteiger charge is 2.18. The van der Waals surface area contributed by atoms with E-state index in [-0.39, 0.29) is 0 Å². The first-order valence-corrected chi connectivity index (χ1v) is 8.20. The molecule has 23 heavy (non-hydrogen) atoms. The maximum absolute atomic E-state index is 4.72. The van der Waals surface area contributed by atoms with Gasteiger partial charge in [-0.25, -0.2) is 9.98 Å². The Balaban J connectivity index is 1.64. The maximum Gasteiger partial charge on any atom is 0.205 e. The highest BCUT2D eigenvalue weighted by Crippen LogP contribution is 2.29. The molecule has 3 heterocycles. The van der Waals surface area contributed by atoms with E-state index in [1.54, 1.807) is 23.7 Å². The van der Waals surface area contributed by atoms with E-state index in [0.717, 1.165) is 28.7 Å². The number of hydrogen-bond donors (Lipinski definition) is 1. The van der Waals surface area contributed by atoms with Gasteiger partial charge in [0.25, 0.3) is 0 Å². The Hall–Kier alpha value is -2.73. The van der Waals surface area contributed by atoms with Crippen LogP contribution in [0.25, 0.3) is 10.2 Å². The summed E-state index contributed by atoms with van der Waals surface area (Å²) in [6.45, 7) is 1.38. The lowest BCUT2D eigenvalue weighted by Gasteiger charge is -2.25. The third-order valence-electron chi connectivity index (χ3n) is 3.55. The number of anilines is 1. The Morgan fingerprint density at radius 2 is 2.04 bits per heavy atom. The lowest BCUT2D eigenvalue weighted by Crippen LogP contribution is -2.42. The van der Waals surface area contributed by atoms with E-state index in [1.807, 2.05) is 36.5 Å². The molecule has 6 heteroatoms. The number of fused-ring (bicyclic) bond motifs is 1. The summed E-state index contributed by atoms with van der Waals surface area (Å²) in [7, 11) is 0. The Morgan fingerprint density at radius 1 is 1.17 bits per heavy atom. The fraction of sp³-hybridized carbons (Fsp3) is 0.118. The largest absolute Gasteiger partial charge is 0.333 e. The first-order chi connectivity index (χ1) is 11.4. The van der Waals surface area contributed by atoms with Gasteiger partial charge in [0.1, 0.15) is 0 Å². The van der Waals surface area contributed by atoms with E-state index in [4.69, 9.17) is 9.98 Å². The molecule has 0 aliphatic carbocycles. The quantitative estimate of drug-likeness (QED) is 0.805. The minimum absolute atomic E-state index is 0.611. The van der Waals surface area contributed by atoms with Crippen molar-refractivity contribution in [2.75, 3.05) is 11.4 Å². The number of hydrogen-bond acceptors (Lipinski definition) is 4. The summed E-state index contributed by atoms with van der Waals surface area (Å²) in [5, 5.41) is 4.18. The van der Waals surface area contributed by atoms with Crippen LogP contribution >= 0.6 is 11.3 Å². The summed E-state index contributed by atoms with van der Waals surface area (Å²) in [6.07, 6.45) is 7.57. The molecule has 1 aliphatic rings. The molecule has 0 saturated heterocycles. The van der Waals surface area contributed by atoms with Crippen molar-refractivity contribution in [3.05, 3.63) is 66.6 Å². The van der Waals surface area contributed by atoms with Crippen molar-refractivity contribution in [2.24, 2.45) is 4.99 Å². The molecule has 0 spiro atoms. The number of aliphatic imine (C=N–C) groups is 1. The topological polar surface area (TPSA) is 53.4 Å². The normalized spacial score (nSPS) is 16.0. The van der Waals surface area contributed by atoms with Crippen LogP contribution in [-0.4, -0.2) is 22.5 Å². The van der Waals surface area contributed by atoms with Gasteiger partial charge in [-0.2, -0.15) is 0 Å². The fourth-order valence-corrected chi connectivity index (χ4v) is 3.36. The zero-order valence-corrected chi connectivity index (χ0v) is 13.2. The van der Waals surface area contributed by atoms with Crippen LogP contribution in [0.3, 0.4) is 0 Å². The summed E-state index contributed by atoms with van der Waals surface area (Å²) in [5.41, 5.74) is 2.16. The van der Waals surface area contributed by atoms with Crippen LogP contribution in [0.1, 0.15) is 5.56 Å². The Labute approximate surface area is 138 Å². The summed E-state index contributed by atoms with van der Waals surface area (Å²) in [6, 6.07) is 12.1. The molecule has 4 rings (SSSR count). The van der Waals surface area contributed by atoms with Crippen LogP contribution in [0, 0.1) is 0 Å². The summed E-state index contributed by atoms with van der Waals surface area (Å²) in [5.74, 6) is 0.823. The summed E-state index contributed by atoms with van der Waals surface area (Å²) < 4.78 is 1.19. The van der Waals surface area contributed by atoms with Gasteiger partial charge in [-0.1, -0.05) is 23.5 Å². The van der Waals surface area contributed by atoms with Crippen molar-refractivity contribution in [1.29, 1.82) is 0 Å². The molecule has 3 aromatic rings. The van der Waals surface area contributed by atoms with Gasteiger partial charge in [-0.15, -0.1) is 0 Å². The molecule has 2 aromatic heterocycles. The van der Waals surface area contributed by atoms with E-state index < -0.39 is 0 Å². The fourth-order valence-electron chi connectivity index (χ4n) is 2.39. The average Bonchev–Trinajstić information content (AvgIpc) is 3.05. The first kappa shape index (κ1) is 13.9. The predicted molar refractivity (Wildman–Crippen MR) is 94.6 cm³/mol. The van der Waals surface area contributed by atoms with Crippen LogP contribution in [-0.2, 0) is 6.54 Å². The van der Waals surface area contributed by atoms with Crippen molar-refractivity contribution in [1.82, 2.24) is 15.3 Å². The van der Waals surface area contributed by atoms with Crippen LogP contribution in [0.4, 0.5) is 5.13 Å². The van der Waals surface area contributed by atoms with Crippen molar-refractivity contribution < 1.29 is 0 Å². The zero-order valence-electron chi connectivity index (χ0n) is 12.4. The second-order valence-corrected chi connectivity index (χ2v) is 6.13. The number of thiazole rings is 1. The second-order valence-electron chi connectivity index (χ2n) is 5.12. The summed E-state index contributed by atoms with van der Waals surface area (Å²) >= 11 is 1.68. The van der Waals surface area contributed by atoms with Gasteiger partial charge in [0, 0.05) is 25.1 Å². The lowest BCUT2D eigenvalue weighted by molar-refractivity contribution is 0.953. The molecule has 0 atom stereocenters. The number of benzene rings is 1. The third kappa shape index (κ3) is 2.93. The first-order valence-electron chi connectivity index (χ1n) is 7.38. The van der Waals surface area contributed by atoms with Gasteiger partial charge in [-0.3, -0.25) is 9.88 Å². The van der Waals surface area contributed by atoms with Crippen LogP contribution in [0.15, 0.2) is 66.1 Å². The highest BCUT2D eigenvalue weighted by molar-refractivity contribution is 7.22. The van der Waals surface area contributed by atoms with Crippen molar-refractivity contribution in [2.45, 2.75) is 6.54 Å². The molecule has 0 bridgehead atoms. The smallest absolute Gasteiger partial charge is 0.205 e. The predicted octanol–water partition coefficient (Wildman–Crippen LogP) is 3.17. The molecule has 0 unspecified atom stereocenters. The molecule has 114 valence electrons. The van der Waals surface area contributed by atoms with E-state index in [1.165, 1.54) is 4.70 Å². The van der Waals surface area contributed by atoms with Gasteiger partial charge in [0.15, 0.2) is 5.13 Å².